The van der Waals surface area contributed by atoms with Crippen molar-refractivity contribution in [2.75, 3.05) is 33.0 Å². The second kappa shape index (κ2) is 55.0. The van der Waals surface area contributed by atoms with E-state index in [2.05, 4.69) is 121 Å². The lowest BCUT2D eigenvalue weighted by Crippen LogP contribution is -2.54. The molecule has 0 unspecified atom stereocenters. The zero-order valence-corrected chi connectivity index (χ0v) is 76.8. The largest absolute Gasteiger partial charge is 0.376 e. The van der Waals surface area contributed by atoms with Crippen LogP contribution in [0.1, 0.15) is 83.5 Å². The van der Waals surface area contributed by atoms with Crippen LogP contribution in [0.5, 0.6) is 0 Å². The van der Waals surface area contributed by atoms with Crippen LogP contribution in [0.4, 0.5) is 0 Å². The highest BCUT2D eigenvalue weighted by atomic mass is 16.7. The SMILES string of the molecule is O[C@@H](OCc1ccccc1)[C@@H](OCc1ccccc1)[C@H](OCc1ccccc1)[C@@H](COC[C@H](OCc1ccccc1)[C@H](OCc1ccccc1)[C@@H](OCc1ccccc1)[C@H](COC[C@@H](OCc1ccccc1)[C@@H](OCc1ccccc1)[C@H](OCc1ccccc1)[C@@H](COC(c1ccccc1)(c1ccccc1)c1ccccc1)OCc1ccccc1)OCc1ccccc1)OCc1ccccc1. The minimum atomic E-state index is -1.54. The van der Waals surface area contributed by atoms with Crippen LogP contribution in [0.15, 0.2) is 455 Å². The number of rotatable bonds is 59. The van der Waals surface area contributed by atoms with Crippen LogP contribution in [0.2, 0.25) is 0 Å². The van der Waals surface area contributed by atoms with Crippen molar-refractivity contribution in [1.82, 2.24) is 0 Å². The highest BCUT2D eigenvalue weighted by molar-refractivity contribution is 5.48. The van der Waals surface area contributed by atoms with E-state index in [1.54, 1.807) is 0 Å². The van der Waals surface area contributed by atoms with E-state index < -0.39 is 79.0 Å². The summed E-state index contributed by atoms with van der Waals surface area (Å²) in [6.07, 6.45) is -12.6. The van der Waals surface area contributed by atoms with E-state index >= 15 is 0 Å². The highest BCUT2D eigenvalue weighted by Crippen LogP contribution is 2.42. The van der Waals surface area contributed by atoms with Gasteiger partial charge in [0.25, 0.3) is 0 Å². The lowest BCUT2D eigenvalue weighted by molar-refractivity contribution is -0.249. The first-order valence-electron chi connectivity index (χ1n) is 46.9. The number of hydrogen-bond donors (Lipinski definition) is 1. The average molecular weight is 1820 g/mol. The molecule has 1 N–H and O–H groups in total. The van der Waals surface area contributed by atoms with Crippen LogP contribution in [-0.4, -0.2) is 112 Å². The van der Waals surface area contributed by atoms with Gasteiger partial charge in [0.15, 0.2) is 6.29 Å². The standard InChI is InChI=1S/C120H122O16/c121-119(135-87-104-68-38-12-39-69-104)118(134-86-103-66-36-11-37-67-103)117(133-85-102-64-34-10-35-65-102)111(127-79-96-52-22-4-23-53-96)91-123-89-109(125-77-94-48-18-2-19-49-94)114(130-82-99-58-28-7-29-59-99)113(129-81-98-56-26-6-27-57-98)108(124-76-93-46-16-1-17-47-93)88-122-90-110(126-78-95-50-20-3-21-51-95)115(131-83-100-60-30-8-31-61-100)116(132-84-101-62-32-9-33-63-101)112(128-80-97-54-24-5-25-55-97)92-136-120(105-70-40-13-41-71-105,106-72-42-14-43-73-106)107-74-44-15-45-75-107/h1-75,108-119,121H,76-92H2/t108-,109-,110+,111+,112+,113-,114-,115+,116+,117+,118-,119-/m0/s1. The van der Waals surface area contributed by atoms with Crippen molar-refractivity contribution in [3.63, 3.8) is 0 Å². The molecule has 0 amide bonds. The fourth-order valence-corrected chi connectivity index (χ4v) is 16.5. The average Bonchev–Trinajstić information content (AvgIpc) is 0.753. The van der Waals surface area contributed by atoms with Crippen LogP contribution in [0.25, 0.3) is 0 Å². The van der Waals surface area contributed by atoms with E-state index in [-0.39, 0.29) is 112 Å². The van der Waals surface area contributed by atoms with Crippen LogP contribution in [0.3, 0.4) is 0 Å². The molecule has 136 heavy (non-hydrogen) atoms. The monoisotopic (exact) mass is 1820 g/mol. The Hall–Kier alpha value is -12.3. The smallest absolute Gasteiger partial charge is 0.184 e. The third kappa shape index (κ3) is 30.8. The zero-order valence-electron chi connectivity index (χ0n) is 76.8. The minimum absolute atomic E-state index is 0.0270. The van der Waals surface area contributed by atoms with Crippen molar-refractivity contribution in [2.24, 2.45) is 0 Å². The molecule has 0 spiro atoms. The number of ether oxygens (including phenoxy) is 15. The van der Waals surface area contributed by atoms with Crippen molar-refractivity contribution in [3.8, 4) is 0 Å². The molecule has 0 fully saturated rings. The fourth-order valence-electron chi connectivity index (χ4n) is 16.5. The van der Waals surface area contributed by atoms with Crippen molar-refractivity contribution in [3.05, 3.63) is 538 Å². The van der Waals surface area contributed by atoms with Crippen molar-refractivity contribution in [2.45, 2.75) is 158 Å². The minimum Gasteiger partial charge on any atom is -0.376 e. The molecule has 0 bridgehead atoms. The summed E-state index contributed by atoms with van der Waals surface area (Å²) >= 11 is 0. The molecule has 0 aliphatic carbocycles. The first kappa shape index (κ1) is 98.2. The van der Waals surface area contributed by atoms with Gasteiger partial charge in [-0.15, -0.1) is 0 Å². The molecule has 16 nitrogen and oxygen atoms in total. The Morgan fingerprint density at radius 1 is 0.154 bits per heavy atom. The van der Waals surface area contributed by atoms with Crippen LogP contribution in [0, 0.1) is 0 Å². The third-order valence-electron chi connectivity index (χ3n) is 23.7. The van der Waals surface area contributed by atoms with Gasteiger partial charge in [0.05, 0.1) is 112 Å². The summed E-state index contributed by atoms with van der Waals surface area (Å²) in [6, 6.07) is 151. The van der Waals surface area contributed by atoms with Gasteiger partial charge < -0.3 is 76.2 Å². The van der Waals surface area contributed by atoms with Crippen LogP contribution < -0.4 is 0 Å². The predicted octanol–water partition coefficient (Wildman–Crippen LogP) is 23.0. The molecule has 0 saturated carbocycles. The van der Waals surface area contributed by atoms with E-state index in [9.17, 15) is 5.11 Å². The van der Waals surface area contributed by atoms with Gasteiger partial charge in [-0.05, 0) is 83.5 Å². The molecule has 0 saturated heterocycles. The van der Waals surface area contributed by atoms with Crippen LogP contribution in [-0.2, 0) is 156 Å². The summed E-state index contributed by atoms with van der Waals surface area (Å²) in [4.78, 5) is 0. The van der Waals surface area contributed by atoms with Crippen LogP contribution >= 0.6 is 0 Å². The molecule has 0 radical (unpaired) electrons. The van der Waals surface area contributed by atoms with Crippen molar-refractivity contribution in [1.29, 1.82) is 0 Å². The Balaban J connectivity index is 0.840. The van der Waals surface area contributed by atoms with Gasteiger partial charge in [0.1, 0.15) is 72.7 Å². The fraction of sp³-hybridized carbons (Fsp3) is 0.250. The first-order valence-corrected chi connectivity index (χ1v) is 46.9. The van der Waals surface area contributed by atoms with Gasteiger partial charge >= 0.3 is 0 Å². The van der Waals surface area contributed by atoms with E-state index in [1.165, 1.54) is 0 Å². The van der Waals surface area contributed by atoms with Gasteiger partial charge in [-0.25, -0.2) is 0 Å². The number of benzene rings is 15. The Morgan fingerprint density at radius 2 is 0.294 bits per heavy atom. The summed E-state index contributed by atoms with van der Waals surface area (Å²) in [6.45, 7) is 0.989. The maximum absolute atomic E-state index is 12.8. The lowest BCUT2D eigenvalue weighted by atomic mass is 9.80. The summed E-state index contributed by atoms with van der Waals surface area (Å²) in [5.74, 6) is 0. The quantitative estimate of drug-likeness (QED) is 0.0283. The van der Waals surface area contributed by atoms with Gasteiger partial charge in [-0.3, -0.25) is 0 Å². The maximum atomic E-state index is 12.8. The molecule has 0 heterocycles. The van der Waals surface area contributed by atoms with E-state index in [1.807, 2.05) is 334 Å². The molecule has 698 valence electrons. The third-order valence-corrected chi connectivity index (χ3v) is 23.7. The molecule has 0 aliphatic rings. The lowest BCUT2D eigenvalue weighted by Gasteiger charge is -2.41. The summed E-state index contributed by atoms with van der Waals surface area (Å²) in [5, 5.41) is 12.8. The highest BCUT2D eigenvalue weighted by Gasteiger charge is 2.46. The van der Waals surface area contributed by atoms with E-state index in [4.69, 9.17) is 71.1 Å². The normalized spacial score (nSPS) is 14.4. The van der Waals surface area contributed by atoms with E-state index in [0.717, 1.165) is 83.5 Å². The van der Waals surface area contributed by atoms with Gasteiger partial charge in [-0.2, -0.15) is 0 Å². The van der Waals surface area contributed by atoms with Crippen molar-refractivity contribution >= 4 is 0 Å². The van der Waals surface area contributed by atoms with E-state index in [0.29, 0.717) is 0 Å². The molecular weight excluding hydrogens is 1700 g/mol. The summed E-state index contributed by atoms with van der Waals surface area (Å²) < 4.78 is 111. The molecule has 16 heteroatoms. The maximum Gasteiger partial charge on any atom is 0.184 e. The Labute approximate surface area is 801 Å². The predicted molar refractivity (Wildman–Crippen MR) is 529 cm³/mol. The molecule has 0 aliphatic heterocycles. The Kier molecular flexibility index (Phi) is 39.7. The molecule has 15 aromatic carbocycles. The summed E-state index contributed by atoms with van der Waals surface area (Å²) in [7, 11) is 0. The first-order chi connectivity index (χ1) is 67.4. The van der Waals surface area contributed by atoms with Gasteiger partial charge in [-0.1, -0.05) is 455 Å². The second-order valence-electron chi connectivity index (χ2n) is 33.6. The molecule has 15 aromatic rings. The van der Waals surface area contributed by atoms with Gasteiger partial charge in [0.2, 0.25) is 0 Å². The van der Waals surface area contributed by atoms with Gasteiger partial charge in [0, 0.05) is 0 Å². The topological polar surface area (TPSA) is 159 Å². The molecular formula is C120H122O16. The molecule has 12 atom stereocenters. The molecule has 15 rings (SSSR count). The number of aliphatic hydroxyl groups excluding tert-OH is 1. The number of hydrogen-bond acceptors (Lipinski definition) is 16. The Bertz CT molecular complexity index is 5560. The van der Waals surface area contributed by atoms with Crippen molar-refractivity contribution < 1.29 is 76.2 Å². The second-order valence-corrected chi connectivity index (χ2v) is 33.6. The summed E-state index contributed by atoms with van der Waals surface area (Å²) in [5.41, 5.74) is 12.4. The molecule has 0 aromatic heterocycles. The number of aliphatic hydroxyl groups is 1. The Morgan fingerprint density at radius 3 is 0.478 bits per heavy atom. The zero-order chi connectivity index (χ0) is 92.7.